The maximum Gasteiger partial charge on any atom is 0.339 e. The summed E-state index contributed by atoms with van der Waals surface area (Å²) >= 11 is 0. The van der Waals surface area contributed by atoms with Crippen molar-refractivity contribution in [3.8, 4) is 0 Å². The minimum Gasteiger partial charge on any atom is -0.449 e. The summed E-state index contributed by atoms with van der Waals surface area (Å²) in [6, 6.07) is 9.89. The molecule has 0 heterocycles. The van der Waals surface area contributed by atoms with E-state index in [4.69, 9.17) is 10.5 Å². The van der Waals surface area contributed by atoms with Gasteiger partial charge < -0.3 is 15.8 Å². The Morgan fingerprint density at radius 1 is 1.15 bits per heavy atom. The number of hydrogen-bond acceptors (Lipinski definition) is 6. The van der Waals surface area contributed by atoms with E-state index in [9.17, 15) is 24.5 Å². The second kappa shape index (κ2) is 8.09. The Hall–Kier alpha value is -3.75. The van der Waals surface area contributed by atoms with Crippen LogP contribution in [0.5, 0.6) is 0 Å². The summed E-state index contributed by atoms with van der Waals surface area (Å²) in [6.45, 7) is 2.80. The number of benzene rings is 2. The summed E-state index contributed by atoms with van der Waals surface area (Å²) in [5.74, 6) is -2.04. The number of rotatable bonds is 6. The zero-order valence-electron chi connectivity index (χ0n) is 14.6. The molecule has 0 unspecified atom stereocenters. The standard InChI is InChI=1S/C18H17N3O6/c1-10-14(4-3-5-15(10)21(25)26)18(24)27-11(2)17(23)20-13-8-6-12(7-9-13)16(19)22/h3-9,11H,1-2H3,(H2,19,22)(H,20,23)/t11-/m0/s1. The van der Waals surface area contributed by atoms with Gasteiger partial charge in [-0.25, -0.2) is 4.79 Å². The van der Waals surface area contributed by atoms with E-state index in [2.05, 4.69) is 5.32 Å². The highest BCUT2D eigenvalue weighted by Gasteiger charge is 2.23. The van der Waals surface area contributed by atoms with Gasteiger partial charge in [-0.2, -0.15) is 0 Å². The average molecular weight is 371 g/mol. The monoisotopic (exact) mass is 371 g/mol. The fourth-order valence-corrected chi connectivity index (χ4v) is 2.28. The van der Waals surface area contributed by atoms with Gasteiger partial charge in [-0.05, 0) is 44.2 Å². The summed E-state index contributed by atoms with van der Waals surface area (Å²) in [5, 5.41) is 13.5. The van der Waals surface area contributed by atoms with Gasteiger partial charge in [-0.3, -0.25) is 19.7 Å². The first-order valence-electron chi connectivity index (χ1n) is 7.86. The van der Waals surface area contributed by atoms with Crippen LogP contribution in [0.15, 0.2) is 42.5 Å². The number of nitrogens with zero attached hydrogens (tertiary/aromatic N) is 1. The van der Waals surface area contributed by atoms with Gasteiger partial charge in [0.1, 0.15) is 0 Å². The van der Waals surface area contributed by atoms with E-state index in [1.54, 1.807) is 0 Å². The summed E-state index contributed by atoms with van der Waals surface area (Å²) in [7, 11) is 0. The number of nitrogens with one attached hydrogen (secondary N) is 1. The number of nitrogens with two attached hydrogens (primary N) is 1. The number of esters is 1. The van der Waals surface area contributed by atoms with Crippen molar-refractivity contribution in [2.45, 2.75) is 20.0 Å². The lowest BCUT2D eigenvalue weighted by molar-refractivity contribution is -0.385. The van der Waals surface area contributed by atoms with Crippen LogP contribution < -0.4 is 11.1 Å². The Balaban J connectivity index is 2.05. The molecular formula is C18H17N3O6. The second-order valence-corrected chi connectivity index (χ2v) is 5.69. The Bertz CT molecular complexity index is 908. The third kappa shape index (κ3) is 4.66. The largest absolute Gasteiger partial charge is 0.449 e. The van der Waals surface area contributed by atoms with Crippen LogP contribution in [-0.2, 0) is 9.53 Å². The third-order valence-corrected chi connectivity index (χ3v) is 3.81. The van der Waals surface area contributed by atoms with E-state index in [-0.39, 0.29) is 22.4 Å². The molecule has 2 aromatic rings. The van der Waals surface area contributed by atoms with Crippen molar-refractivity contribution >= 4 is 29.2 Å². The summed E-state index contributed by atoms with van der Waals surface area (Å²) in [6.07, 6.45) is -1.15. The molecule has 9 nitrogen and oxygen atoms in total. The molecule has 0 aliphatic heterocycles. The molecular weight excluding hydrogens is 354 g/mol. The highest BCUT2D eigenvalue weighted by Crippen LogP contribution is 2.22. The Morgan fingerprint density at radius 2 is 1.78 bits per heavy atom. The van der Waals surface area contributed by atoms with Gasteiger partial charge in [0.2, 0.25) is 5.91 Å². The number of carbonyl (C=O) groups excluding carboxylic acids is 3. The summed E-state index contributed by atoms with van der Waals surface area (Å²) in [4.78, 5) is 45.8. The minimum atomic E-state index is -1.15. The summed E-state index contributed by atoms with van der Waals surface area (Å²) < 4.78 is 5.10. The van der Waals surface area contributed by atoms with Gasteiger partial charge in [-0.1, -0.05) is 6.07 Å². The first kappa shape index (κ1) is 19.6. The molecule has 2 aromatic carbocycles. The predicted molar refractivity (Wildman–Crippen MR) is 96.3 cm³/mol. The highest BCUT2D eigenvalue weighted by atomic mass is 16.6. The van der Waals surface area contributed by atoms with Crippen LogP contribution in [0.1, 0.15) is 33.2 Å². The molecule has 0 aliphatic carbocycles. The number of anilines is 1. The maximum atomic E-state index is 12.3. The highest BCUT2D eigenvalue weighted by molar-refractivity contribution is 5.99. The molecule has 0 fully saturated rings. The molecule has 1 atom stereocenters. The normalized spacial score (nSPS) is 11.3. The fourth-order valence-electron chi connectivity index (χ4n) is 2.28. The van der Waals surface area contributed by atoms with Crippen LogP contribution in [0.25, 0.3) is 0 Å². The smallest absolute Gasteiger partial charge is 0.339 e. The van der Waals surface area contributed by atoms with Gasteiger partial charge >= 0.3 is 5.97 Å². The van der Waals surface area contributed by atoms with Crippen LogP contribution in [0.4, 0.5) is 11.4 Å². The van der Waals surface area contributed by atoms with Crippen molar-refractivity contribution in [3.63, 3.8) is 0 Å². The number of amides is 2. The number of carbonyl (C=O) groups is 3. The molecule has 0 bridgehead atoms. The lowest BCUT2D eigenvalue weighted by atomic mass is 10.1. The van der Waals surface area contributed by atoms with E-state index >= 15 is 0 Å². The van der Waals surface area contributed by atoms with E-state index in [0.717, 1.165) is 0 Å². The van der Waals surface area contributed by atoms with E-state index < -0.39 is 28.8 Å². The molecule has 3 N–H and O–H groups in total. The van der Waals surface area contributed by atoms with Crippen molar-refractivity contribution in [1.29, 1.82) is 0 Å². The number of nitro groups is 1. The molecule has 0 aromatic heterocycles. The maximum absolute atomic E-state index is 12.3. The molecule has 0 saturated carbocycles. The van der Waals surface area contributed by atoms with Gasteiger partial charge in [0.05, 0.1) is 10.5 Å². The quantitative estimate of drug-likeness (QED) is 0.453. The van der Waals surface area contributed by atoms with Crippen LogP contribution in [0, 0.1) is 17.0 Å². The average Bonchev–Trinajstić information content (AvgIpc) is 2.61. The molecule has 0 saturated heterocycles. The molecule has 27 heavy (non-hydrogen) atoms. The molecule has 0 aliphatic rings. The zero-order chi connectivity index (χ0) is 20.1. The topological polar surface area (TPSA) is 142 Å². The predicted octanol–water partition coefficient (Wildman–Crippen LogP) is 2.19. The second-order valence-electron chi connectivity index (χ2n) is 5.69. The van der Waals surface area contributed by atoms with E-state index in [0.29, 0.717) is 5.69 Å². The first-order chi connectivity index (χ1) is 12.7. The van der Waals surface area contributed by atoms with Gasteiger partial charge in [0, 0.05) is 22.9 Å². The molecule has 2 amide bonds. The van der Waals surface area contributed by atoms with Crippen molar-refractivity contribution in [3.05, 3.63) is 69.3 Å². The lowest BCUT2D eigenvalue weighted by Crippen LogP contribution is -2.30. The zero-order valence-corrected chi connectivity index (χ0v) is 14.6. The number of primary amides is 1. The lowest BCUT2D eigenvalue weighted by Gasteiger charge is -2.14. The number of hydrogen-bond donors (Lipinski definition) is 2. The number of ether oxygens (including phenoxy) is 1. The Morgan fingerprint density at radius 3 is 2.33 bits per heavy atom. The minimum absolute atomic E-state index is 0.00895. The van der Waals surface area contributed by atoms with Gasteiger partial charge in [0.25, 0.3) is 11.6 Å². The van der Waals surface area contributed by atoms with E-state index in [1.165, 1.54) is 56.3 Å². The Kier molecular flexibility index (Phi) is 5.86. The van der Waals surface area contributed by atoms with Crippen molar-refractivity contribution in [2.24, 2.45) is 5.73 Å². The third-order valence-electron chi connectivity index (χ3n) is 3.81. The van der Waals surface area contributed by atoms with Crippen molar-refractivity contribution < 1.29 is 24.0 Å². The van der Waals surface area contributed by atoms with Crippen LogP contribution in [0.2, 0.25) is 0 Å². The molecule has 2 rings (SSSR count). The molecule has 0 spiro atoms. The molecule has 140 valence electrons. The van der Waals surface area contributed by atoms with Crippen LogP contribution >= 0.6 is 0 Å². The fraction of sp³-hybridized carbons (Fsp3) is 0.167. The molecule has 9 heteroatoms. The number of nitro benzene ring substituents is 1. The summed E-state index contributed by atoms with van der Waals surface area (Å²) in [5.41, 5.74) is 5.76. The van der Waals surface area contributed by atoms with Crippen molar-refractivity contribution in [1.82, 2.24) is 0 Å². The first-order valence-corrected chi connectivity index (χ1v) is 7.86. The molecule has 0 radical (unpaired) electrons. The van der Waals surface area contributed by atoms with Crippen molar-refractivity contribution in [2.75, 3.05) is 5.32 Å². The van der Waals surface area contributed by atoms with Gasteiger partial charge in [-0.15, -0.1) is 0 Å². The van der Waals surface area contributed by atoms with Gasteiger partial charge in [0.15, 0.2) is 6.10 Å². The Labute approximate surface area is 154 Å². The van der Waals surface area contributed by atoms with Crippen LogP contribution in [-0.4, -0.2) is 28.8 Å². The van der Waals surface area contributed by atoms with Crippen LogP contribution in [0.3, 0.4) is 0 Å². The SMILES string of the molecule is Cc1c(C(=O)O[C@@H](C)C(=O)Nc2ccc(C(N)=O)cc2)cccc1[N+](=O)[O-]. The van der Waals surface area contributed by atoms with E-state index in [1.807, 2.05) is 0 Å².